The molecular formula is C11H18ClN3O2S. The van der Waals surface area contributed by atoms with Gasteiger partial charge in [0.25, 0.3) is 9.05 Å². The normalized spacial score (nSPS) is 17.4. The van der Waals surface area contributed by atoms with Crippen LogP contribution in [0.2, 0.25) is 0 Å². The number of aryl methyl sites for hydroxylation is 1. The largest absolute Gasteiger partial charge is 0.332 e. The van der Waals surface area contributed by atoms with Gasteiger partial charge >= 0.3 is 0 Å². The Hall–Kier alpha value is -0.590. The molecule has 0 spiro atoms. The number of hydrogen-bond donors (Lipinski definition) is 0. The molecule has 2 heterocycles. The molecule has 1 aromatic rings. The van der Waals surface area contributed by atoms with E-state index < -0.39 is 9.05 Å². The van der Waals surface area contributed by atoms with Crippen molar-refractivity contribution in [1.29, 1.82) is 0 Å². The highest BCUT2D eigenvalue weighted by Gasteiger charge is 2.18. The molecule has 1 aliphatic heterocycles. The number of halogens is 1. The van der Waals surface area contributed by atoms with Crippen molar-refractivity contribution in [2.24, 2.45) is 0 Å². The summed E-state index contributed by atoms with van der Waals surface area (Å²) < 4.78 is 24.4. The molecule has 1 aliphatic rings. The summed E-state index contributed by atoms with van der Waals surface area (Å²) in [7, 11) is 1.59. The summed E-state index contributed by atoms with van der Waals surface area (Å²) in [6.45, 7) is 5.93. The molecule has 0 radical (unpaired) electrons. The van der Waals surface area contributed by atoms with Gasteiger partial charge in [0.2, 0.25) is 0 Å². The highest BCUT2D eigenvalue weighted by Crippen LogP contribution is 2.15. The molecule has 1 fully saturated rings. The van der Waals surface area contributed by atoms with Gasteiger partial charge in [-0.05, 0) is 25.9 Å². The zero-order chi connectivity index (χ0) is 13.2. The zero-order valence-corrected chi connectivity index (χ0v) is 12.0. The van der Waals surface area contributed by atoms with Gasteiger partial charge in [-0.15, -0.1) is 0 Å². The first-order valence-corrected chi connectivity index (χ1v) is 8.54. The lowest BCUT2D eigenvalue weighted by Gasteiger charge is -2.15. The van der Waals surface area contributed by atoms with Crippen LogP contribution in [-0.4, -0.2) is 42.5 Å². The van der Waals surface area contributed by atoms with Crippen LogP contribution in [-0.2, 0) is 22.0 Å². The first-order valence-electron chi connectivity index (χ1n) is 6.24. The molecule has 0 atom stereocenters. The minimum atomic E-state index is -3.73. The number of hydrogen-bond acceptors (Lipinski definition) is 4. The predicted molar refractivity (Wildman–Crippen MR) is 70.3 cm³/mol. The Morgan fingerprint density at radius 2 is 2.00 bits per heavy atom. The summed E-state index contributed by atoms with van der Waals surface area (Å²) in [4.78, 5) is 6.45. The lowest BCUT2D eigenvalue weighted by molar-refractivity contribution is 0.320. The Morgan fingerprint density at radius 1 is 1.33 bits per heavy atom. The second-order valence-electron chi connectivity index (χ2n) is 4.53. The third-order valence-electron chi connectivity index (χ3n) is 3.26. The van der Waals surface area contributed by atoms with E-state index in [-0.39, 0.29) is 5.03 Å². The Kier molecular flexibility index (Phi) is 4.29. The van der Waals surface area contributed by atoms with Gasteiger partial charge in [-0.1, -0.05) is 6.92 Å². The van der Waals surface area contributed by atoms with E-state index in [1.165, 1.54) is 19.0 Å². The fourth-order valence-electron chi connectivity index (χ4n) is 2.28. The topological polar surface area (TPSA) is 55.2 Å². The molecule has 0 saturated carbocycles. The average molecular weight is 292 g/mol. The summed E-state index contributed by atoms with van der Waals surface area (Å²) >= 11 is 0. The van der Waals surface area contributed by atoms with Crippen molar-refractivity contribution in [3.8, 4) is 0 Å². The Morgan fingerprint density at radius 3 is 2.56 bits per heavy atom. The summed E-state index contributed by atoms with van der Waals surface area (Å²) in [6, 6.07) is 0. The Labute approximate surface area is 112 Å². The molecule has 0 unspecified atom stereocenters. The van der Waals surface area contributed by atoms with Gasteiger partial charge in [0.15, 0.2) is 5.03 Å². The van der Waals surface area contributed by atoms with Crippen LogP contribution in [0.15, 0.2) is 11.2 Å². The smallest absolute Gasteiger partial charge is 0.280 e. The van der Waals surface area contributed by atoms with E-state index in [4.69, 9.17) is 10.7 Å². The molecule has 0 bridgehead atoms. The molecule has 102 valence electrons. The molecule has 0 amide bonds. The van der Waals surface area contributed by atoms with Crippen LogP contribution in [0, 0.1) is 0 Å². The number of nitrogens with zero attached hydrogens (tertiary/aromatic N) is 3. The van der Waals surface area contributed by atoms with E-state index >= 15 is 0 Å². The first-order chi connectivity index (χ1) is 8.50. The average Bonchev–Trinajstić information content (AvgIpc) is 2.94. The number of aromatic nitrogens is 2. The second-order valence-corrected chi connectivity index (χ2v) is 7.04. The quantitative estimate of drug-likeness (QED) is 0.771. The van der Waals surface area contributed by atoms with Crippen molar-refractivity contribution in [3.05, 3.63) is 12.0 Å². The van der Waals surface area contributed by atoms with E-state index in [9.17, 15) is 8.42 Å². The maximum atomic E-state index is 11.3. The second kappa shape index (κ2) is 5.59. The molecule has 1 aromatic heterocycles. The highest BCUT2D eigenvalue weighted by molar-refractivity contribution is 8.13. The van der Waals surface area contributed by atoms with Gasteiger partial charge in [0, 0.05) is 36.4 Å². The monoisotopic (exact) mass is 291 g/mol. The maximum Gasteiger partial charge on any atom is 0.280 e. The molecule has 0 N–H and O–H groups in total. The van der Waals surface area contributed by atoms with Gasteiger partial charge in [0.05, 0.1) is 0 Å². The van der Waals surface area contributed by atoms with E-state index in [1.54, 1.807) is 0 Å². The Balaban J connectivity index is 2.08. The lowest BCUT2D eigenvalue weighted by atomic mass is 10.4. The Bertz CT molecular complexity index is 506. The van der Waals surface area contributed by atoms with Gasteiger partial charge < -0.3 is 9.47 Å². The van der Waals surface area contributed by atoms with Gasteiger partial charge in [0.1, 0.15) is 5.82 Å². The van der Waals surface area contributed by atoms with Crippen LogP contribution in [0.4, 0.5) is 0 Å². The van der Waals surface area contributed by atoms with Crippen LogP contribution in [0.25, 0.3) is 0 Å². The molecule has 7 heteroatoms. The first kappa shape index (κ1) is 13.8. The fourth-order valence-corrected chi connectivity index (χ4v) is 2.97. The van der Waals surface area contributed by atoms with Crippen LogP contribution in [0.3, 0.4) is 0 Å². The van der Waals surface area contributed by atoms with Crippen molar-refractivity contribution in [2.45, 2.75) is 37.8 Å². The summed E-state index contributed by atoms with van der Waals surface area (Å²) in [6.07, 6.45) is 4.75. The SMILES string of the molecule is CCc1nc(S(=O)(=O)Cl)cn1CCN1CCCC1. The van der Waals surface area contributed by atoms with Crippen LogP contribution in [0.1, 0.15) is 25.6 Å². The van der Waals surface area contributed by atoms with Gasteiger partial charge in [-0.25, -0.2) is 13.4 Å². The molecule has 2 rings (SSSR count). The minimum absolute atomic E-state index is 0.0394. The number of likely N-dealkylation sites (tertiary alicyclic amines) is 1. The van der Waals surface area contributed by atoms with Crippen molar-refractivity contribution >= 4 is 19.7 Å². The fraction of sp³-hybridized carbons (Fsp3) is 0.727. The molecule has 1 saturated heterocycles. The highest BCUT2D eigenvalue weighted by atomic mass is 35.7. The predicted octanol–water partition coefficient (Wildman–Crippen LogP) is 1.47. The molecule has 0 aromatic carbocycles. The van der Waals surface area contributed by atoms with Gasteiger partial charge in [-0.3, -0.25) is 0 Å². The zero-order valence-electron chi connectivity index (χ0n) is 10.5. The van der Waals surface area contributed by atoms with Crippen molar-refractivity contribution < 1.29 is 8.42 Å². The third kappa shape index (κ3) is 3.24. The maximum absolute atomic E-state index is 11.3. The summed E-state index contributed by atoms with van der Waals surface area (Å²) in [5.74, 6) is 0.772. The van der Waals surface area contributed by atoms with Crippen LogP contribution >= 0.6 is 10.7 Å². The molecule has 18 heavy (non-hydrogen) atoms. The lowest BCUT2D eigenvalue weighted by Crippen LogP contribution is -2.24. The minimum Gasteiger partial charge on any atom is -0.332 e. The van der Waals surface area contributed by atoms with Crippen molar-refractivity contribution in [2.75, 3.05) is 19.6 Å². The van der Waals surface area contributed by atoms with Gasteiger partial charge in [-0.2, -0.15) is 0 Å². The van der Waals surface area contributed by atoms with E-state index in [0.29, 0.717) is 6.42 Å². The third-order valence-corrected chi connectivity index (χ3v) is 4.43. The molecule has 5 nitrogen and oxygen atoms in total. The summed E-state index contributed by atoms with van der Waals surface area (Å²) in [5, 5.41) is -0.0394. The van der Waals surface area contributed by atoms with Crippen LogP contribution < -0.4 is 0 Å². The molecule has 0 aliphatic carbocycles. The van der Waals surface area contributed by atoms with Crippen molar-refractivity contribution in [1.82, 2.24) is 14.5 Å². The number of imidazole rings is 1. The van der Waals surface area contributed by atoms with E-state index in [0.717, 1.165) is 32.0 Å². The molecular weight excluding hydrogens is 274 g/mol. The summed E-state index contributed by atoms with van der Waals surface area (Å²) in [5.41, 5.74) is 0. The van der Waals surface area contributed by atoms with Crippen LogP contribution in [0.5, 0.6) is 0 Å². The standard InChI is InChI=1S/C11H18ClN3O2S/c1-2-10-13-11(18(12,16)17)9-15(10)8-7-14-5-3-4-6-14/h9H,2-8H2,1H3. The van der Waals surface area contributed by atoms with Crippen molar-refractivity contribution in [3.63, 3.8) is 0 Å². The number of rotatable bonds is 5. The van der Waals surface area contributed by atoms with E-state index in [1.807, 2.05) is 11.5 Å². The van der Waals surface area contributed by atoms with E-state index in [2.05, 4.69) is 9.88 Å².